The maximum Gasteiger partial charge on any atom is 0.236 e. The molecule has 0 aliphatic rings. The van der Waals surface area contributed by atoms with Gasteiger partial charge in [-0.05, 0) is 12.2 Å². The van der Waals surface area contributed by atoms with Crippen molar-refractivity contribution in [2.24, 2.45) is 5.73 Å². The SMILES string of the molecule is CON(C)C(=S)NCC(N)=O. The predicted octanol–water partition coefficient (Wildman–Crippen LogP) is -1.16. The Morgan fingerprint density at radius 3 is 2.73 bits per heavy atom. The molecule has 0 unspecified atom stereocenters. The van der Waals surface area contributed by atoms with E-state index in [9.17, 15) is 4.79 Å². The van der Waals surface area contributed by atoms with E-state index in [0.29, 0.717) is 5.11 Å². The van der Waals surface area contributed by atoms with E-state index < -0.39 is 5.91 Å². The van der Waals surface area contributed by atoms with Crippen molar-refractivity contribution in [3.05, 3.63) is 0 Å². The molecule has 0 aliphatic carbocycles. The van der Waals surface area contributed by atoms with Gasteiger partial charge in [0.1, 0.15) is 0 Å². The van der Waals surface area contributed by atoms with Crippen LogP contribution in [0.1, 0.15) is 0 Å². The number of hydroxylamine groups is 2. The van der Waals surface area contributed by atoms with Crippen molar-refractivity contribution in [2.75, 3.05) is 20.7 Å². The fourth-order valence-electron chi connectivity index (χ4n) is 0.357. The summed E-state index contributed by atoms with van der Waals surface area (Å²) in [7, 11) is 3.09. The van der Waals surface area contributed by atoms with Crippen molar-refractivity contribution in [2.45, 2.75) is 0 Å². The van der Waals surface area contributed by atoms with Gasteiger partial charge >= 0.3 is 0 Å². The van der Waals surface area contributed by atoms with E-state index in [-0.39, 0.29) is 6.54 Å². The van der Waals surface area contributed by atoms with Gasteiger partial charge in [0.15, 0.2) is 5.11 Å². The third kappa shape index (κ3) is 4.51. The molecule has 0 spiro atoms. The quantitative estimate of drug-likeness (QED) is 0.420. The maximum absolute atomic E-state index is 10.3. The molecule has 11 heavy (non-hydrogen) atoms. The highest BCUT2D eigenvalue weighted by Gasteiger charge is 2.02. The summed E-state index contributed by atoms with van der Waals surface area (Å²) in [6, 6.07) is 0. The summed E-state index contributed by atoms with van der Waals surface area (Å²) in [4.78, 5) is 15.0. The molecule has 0 atom stereocenters. The molecule has 0 aromatic carbocycles. The molecule has 1 amide bonds. The number of carbonyl (C=O) groups excluding carboxylic acids is 1. The zero-order chi connectivity index (χ0) is 8.85. The number of hydrogen-bond acceptors (Lipinski definition) is 3. The molecule has 0 radical (unpaired) electrons. The second-order valence-electron chi connectivity index (χ2n) is 1.81. The summed E-state index contributed by atoms with van der Waals surface area (Å²) in [6.07, 6.45) is 0. The molecule has 0 bridgehead atoms. The fourth-order valence-corrected chi connectivity index (χ4v) is 0.504. The van der Waals surface area contributed by atoms with Crippen molar-refractivity contribution >= 4 is 23.2 Å². The largest absolute Gasteiger partial charge is 0.368 e. The van der Waals surface area contributed by atoms with Crippen molar-refractivity contribution in [1.82, 2.24) is 10.4 Å². The molecular formula is C5H11N3O2S. The van der Waals surface area contributed by atoms with E-state index in [0.717, 1.165) is 0 Å². The van der Waals surface area contributed by atoms with Gasteiger partial charge in [-0.3, -0.25) is 9.63 Å². The monoisotopic (exact) mass is 177 g/mol. The molecule has 0 rings (SSSR count). The summed E-state index contributed by atoms with van der Waals surface area (Å²) in [5, 5.41) is 4.23. The molecule has 3 N–H and O–H groups in total. The summed E-state index contributed by atoms with van der Waals surface area (Å²) >= 11 is 4.78. The minimum atomic E-state index is -0.461. The zero-order valence-corrected chi connectivity index (χ0v) is 7.27. The third-order valence-electron chi connectivity index (χ3n) is 0.974. The Kier molecular flexibility index (Phi) is 4.47. The van der Waals surface area contributed by atoms with Crippen LogP contribution in [0.25, 0.3) is 0 Å². The summed E-state index contributed by atoms with van der Waals surface area (Å²) < 4.78 is 0. The van der Waals surface area contributed by atoms with Gasteiger partial charge in [0.25, 0.3) is 0 Å². The molecule has 0 aliphatic heterocycles. The number of nitrogens with zero attached hydrogens (tertiary/aromatic N) is 1. The first-order chi connectivity index (χ1) is 5.07. The van der Waals surface area contributed by atoms with Crippen molar-refractivity contribution < 1.29 is 9.63 Å². The lowest BCUT2D eigenvalue weighted by Gasteiger charge is -2.16. The van der Waals surface area contributed by atoms with Crippen molar-refractivity contribution in [3.8, 4) is 0 Å². The minimum Gasteiger partial charge on any atom is -0.368 e. The van der Waals surface area contributed by atoms with Gasteiger partial charge in [0.05, 0.1) is 13.7 Å². The number of primary amides is 1. The molecule has 0 saturated heterocycles. The lowest BCUT2D eigenvalue weighted by Crippen LogP contribution is -2.40. The van der Waals surface area contributed by atoms with Gasteiger partial charge in [-0.15, -0.1) is 0 Å². The van der Waals surface area contributed by atoms with Crippen molar-refractivity contribution in [3.63, 3.8) is 0 Å². The molecule has 0 heterocycles. The highest BCUT2D eigenvalue weighted by Crippen LogP contribution is 1.82. The van der Waals surface area contributed by atoms with E-state index in [2.05, 4.69) is 5.32 Å². The lowest BCUT2D eigenvalue weighted by molar-refractivity contribution is -0.117. The number of nitrogens with two attached hydrogens (primary N) is 1. The fraction of sp³-hybridized carbons (Fsp3) is 0.600. The molecular weight excluding hydrogens is 166 g/mol. The second kappa shape index (κ2) is 4.86. The Hall–Kier alpha value is -0.880. The van der Waals surface area contributed by atoms with Gasteiger partial charge in [0.2, 0.25) is 5.91 Å². The van der Waals surface area contributed by atoms with E-state index in [4.69, 9.17) is 22.8 Å². The summed E-state index contributed by atoms with van der Waals surface area (Å²) in [6.45, 7) is 0.0204. The first-order valence-corrected chi connectivity index (χ1v) is 3.32. The number of amides is 1. The average Bonchev–Trinajstić information content (AvgIpc) is 1.98. The second-order valence-corrected chi connectivity index (χ2v) is 2.19. The number of carbonyl (C=O) groups is 1. The molecule has 0 aromatic rings. The maximum atomic E-state index is 10.3. The van der Waals surface area contributed by atoms with E-state index in [1.165, 1.54) is 12.2 Å². The number of thiocarbonyl (C=S) groups is 1. The molecule has 5 nitrogen and oxygen atoms in total. The van der Waals surface area contributed by atoms with E-state index in [1.54, 1.807) is 7.05 Å². The average molecular weight is 177 g/mol. The Bertz CT molecular complexity index is 162. The topological polar surface area (TPSA) is 67.6 Å². The van der Waals surface area contributed by atoms with Crippen LogP contribution in [0.15, 0.2) is 0 Å². The van der Waals surface area contributed by atoms with Crippen LogP contribution >= 0.6 is 12.2 Å². The van der Waals surface area contributed by atoms with Crippen LogP contribution in [-0.2, 0) is 9.63 Å². The van der Waals surface area contributed by atoms with Gasteiger partial charge in [-0.2, -0.15) is 0 Å². The minimum absolute atomic E-state index is 0.0204. The smallest absolute Gasteiger partial charge is 0.236 e. The van der Waals surface area contributed by atoms with Gasteiger partial charge < -0.3 is 11.1 Å². The van der Waals surface area contributed by atoms with Crippen LogP contribution in [0, 0.1) is 0 Å². The first-order valence-electron chi connectivity index (χ1n) is 2.92. The standard InChI is InChI=1S/C5H11N3O2S/c1-8(10-2)5(11)7-3-4(6)9/h3H2,1-2H3,(H2,6,9)(H,7,11). The van der Waals surface area contributed by atoms with Crippen LogP contribution in [-0.4, -0.2) is 36.8 Å². The Morgan fingerprint density at radius 2 is 2.36 bits per heavy atom. The van der Waals surface area contributed by atoms with Crippen LogP contribution in [0.2, 0.25) is 0 Å². The van der Waals surface area contributed by atoms with E-state index >= 15 is 0 Å². The molecule has 6 heteroatoms. The van der Waals surface area contributed by atoms with E-state index in [1.807, 2.05) is 0 Å². The molecule has 0 saturated carbocycles. The number of hydrogen-bond donors (Lipinski definition) is 2. The predicted molar refractivity (Wildman–Crippen MR) is 44.6 cm³/mol. The summed E-state index contributed by atoms with van der Waals surface area (Å²) in [5.41, 5.74) is 4.86. The Labute approximate surface area is 70.4 Å². The normalized spacial score (nSPS) is 8.91. The van der Waals surface area contributed by atoms with Crippen LogP contribution in [0.3, 0.4) is 0 Å². The highest BCUT2D eigenvalue weighted by molar-refractivity contribution is 7.80. The van der Waals surface area contributed by atoms with Crippen LogP contribution in [0.5, 0.6) is 0 Å². The Balaban J connectivity index is 3.60. The zero-order valence-electron chi connectivity index (χ0n) is 6.46. The molecule has 0 aromatic heterocycles. The van der Waals surface area contributed by atoms with Gasteiger partial charge in [0, 0.05) is 7.05 Å². The third-order valence-corrected chi connectivity index (χ3v) is 1.38. The lowest BCUT2D eigenvalue weighted by atomic mass is 10.6. The number of nitrogens with one attached hydrogen (secondary N) is 1. The number of rotatable bonds is 3. The highest BCUT2D eigenvalue weighted by atomic mass is 32.1. The first kappa shape index (κ1) is 10.1. The van der Waals surface area contributed by atoms with Gasteiger partial charge in [-0.25, -0.2) is 5.06 Å². The van der Waals surface area contributed by atoms with Crippen molar-refractivity contribution in [1.29, 1.82) is 0 Å². The molecule has 0 fully saturated rings. The summed E-state index contributed by atoms with van der Waals surface area (Å²) in [5.74, 6) is -0.461. The van der Waals surface area contributed by atoms with Gasteiger partial charge in [-0.1, -0.05) is 0 Å². The van der Waals surface area contributed by atoms with Crippen LogP contribution in [0.4, 0.5) is 0 Å². The molecule has 64 valence electrons. The van der Waals surface area contributed by atoms with Crippen LogP contribution < -0.4 is 11.1 Å². The Morgan fingerprint density at radius 1 is 1.82 bits per heavy atom.